The molecule has 2 aromatic rings. The zero-order valence-corrected chi connectivity index (χ0v) is 7.81. The van der Waals surface area contributed by atoms with Gasteiger partial charge in [0.25, 0.3) is 0 Å². The van der Waals surface area contributed by atoms with Crippen LogP contribution in [0.15, 0.2) is 18.7 Å². The highest BCUT2D eigenvalue weighted by atomic mass is 16.3. The van der Waals surface area contributed by atoms with Gasteiger partial charge in [-0.3, -0.25) is 0 Å². The van der Waals surface area contributed by atoms with Crippen molar-refractivity contribution >= 4 is 11.0 Å². The molecule has 2 atom stereocenters. The van der Waals surface area contributed by atoms with Crippen molar-refractivity contribution in [1.82, 2.24) is 15.0 Å². The quantitative estimate of drug-likeness (QED) is 0.640. The summed E-state index contributed by atoms with van der Waals surface area (Å²) in [5, 5.41) is 9.78. The predicted octanol–water partition coefficient (Wildman–Crippen LogP) is 0.339. The van der Waals surface area contributed by atoms with Crippen LogP contribution in [0.25, 0.3) is 11.0 Å². The molecule has 0 spiro atoms. The van der Waals surface area contributed by atoms with Gasteiger partial charge in [-0.15, -0.1) is 0 Å². The monoisotopic (exact) mass is 192 g/mol. The van der Waals surface area contributed by atoms with Crippen LogP contribution in [0.3, 0.4) is 0 Å². The Bertz CT molecular complexity index is 437. The fourth-order valence-electron chi connectivity index (χ4n) is 1.40. The van der Waals surface area contributed by atoms with Crippen molar-refractivity contribution in [3.63, 3.8) is 0 Å². The van der Waals surface area contributed by atoms with Crippen LogP contribution in [0.1, 0.15) is 18.6 Å². The summed E-state index contributed by atoms with van der Waals surface area (Å²) in [6.45, 7) is 1.75. The molecule has 0 aliphatic heterocycles. The summed E-state index contributed by atoms with van der Waals surface area (Å²) in [7, 11) is 0. The lowest BCUT2D eigenvalue weighted by molar-refractivity contribution is 0.154. The number of nitrogens with zero attached hydrogens (tertiary/aromatic N) is 2. The molecule has 4 N–H and O–H groups in total. The Morgan fingerprint density at radius 1 is 1.57 bits per heavy atom. The Kier molecular flexibility index (Phi) is 2.18. The molecule has 0 saturated heterocycles. The van der Waals surface area contributed by atoms with E-state index in [-0.39, 0.29) is 6.04 Å². The largest absolute Gasteiger partial charge is 0.387 e. The van der Waals surface area contributed by atoms with Crippen LogP contribution in [0.2, 0.25) is 0 Å². The minimum absolute atomic E-state index is 0.316. The standard InChI is InChI=1S/C9H12N4O/c1-5(10)9(14)6-2-12-7-3-11-4-13-8(6)7/h2-5,9,12,14H,10H2,1H3. The fraction of sp³-hybridized carbons (Fsp3) is 0.333. The van der Waals surface area contributed by atoms with E-state index in [2.05, 4.69) is 15.0 Å². The van der Waals surface area contributed by atoms with E-state index in [0.29, 0.717) is 0 Å². The Balaban J connectivity index is 2.53. The van der Waals surface area contributed by atoms with Crippen LogP contribution >= 0.6 is 0 Å². The van der Waals surface area contributed by atoms with E-state index in [0.717, 1.165) is 16.6 Å². The van der Waals surface area contributed by atoms with Gasteiger partial charge in [0, 0.05) is 17.8 Å². The van der Waals surface area contributed by atoms with Crippen LogP contribution < -0.4 is 5.73 Å². The molecule has 0 aliphatic rings. The smallest absolute Gasteiger partial charge is 0.116 e. The lowest BCUT2D eigenvalue weighted by atomic mass is 10.1. The van der Waals surface area contributed by atoms with E-state index in [1.165, 1.54) is 6.33 Å². The second kappa shape index (κ2) is 3.36. The number of H-pyrrole nitrogens is 1. The van der Waals surface area contributed by atoms with Gasteiger partial charge in [-0.25, -0.2) is 9.97 Å². The third kappa shape index (κ3) is 1.36. The highest BCUT2D eigenvalue weighted by Crippen LogP contribution is 2.22. The van der Waals surface area contributed by atoms with Gasteiger partial charge in [-0.05, 0) is 6.92 Å². The van der Waals surface area contributed by atoms with E-state index in [9.17, 15) is 5.11 Å². The molecule has 5 heteroatoms. The summed E-state index contributed by atoms with van der Waals surface area (Å²) in [6.07, 6.45) is 4.14. The first-order valence-electron chi connectivity index (χ1n) is 4.41. The topological polar surface area (TPSA) is 87.8 Å². The summed E-state index contributed by atoms with van der Waals surface area (Å²) in [4.78, 5) is 10.9. The Morgan fingerprint density at radius 3 is 3.07 bits per heavy atom. The molecule has 0 amide bonds. The van der Waals surface area contributed by atoms with Crippen LogP contribution in [0, 0.1) is 0 Å². The lowest BCUT2D eigenvalue weighted by Crippen LogP contribution is -2.24. The molecule has 0 fully saturated rings. The number of aliphatic hydroxyl groups is 1. The molecule has 5 nitrogen and oxygen atoms in total. The average molecular weight is 192 g/mol. The maximum absolute atomic E-state index is 9.78. The zero-order valence-electron chi connectivity index (χ0n) is 7.81. The number of aromatic nitrogens is 3. The second-order valence-corrected chi connectivity index (χ2v) is 3.33. The third-order valence-corrected chi connectivity index (χ3v) is 2.19. The first-order chi connectivity index (χ1) is 6.70. The molecule has 2 rings (SSSR count). The van der Waals surface area contributed by atoms with E-state index >= 15 is 0 Å². The average Bonchev–Trinajstić information content (AvgIpc) is 2.60. The summed E-state index contributed by atoms with van der Waals surface area (Å²) < 4.78 is 0. The molecule has 74 valence electrons. The van der Waals surface area contributed by atoms with Crippen molar-refractivity contribution in [1.29, 1.82) is 0 Å². The molecular weight excluding hydrogens is 180 g/mol. The van der Waals surface area contributed by atoms with Crippen LogP contribution in [-0.2, 0) is 0 Å². The third-order valence-electron chi connectivity index (χ3n) is 2.19. The van der Waals surface area contributed by atoms with E-state index < -0.39 is 6.10 Å². The van der Waals surface area contributed by atoms with Gasteiger partial charge >= 0.3 is 0 Å². The number of fused-ring (bicyclic) bond motifs is 1. The van der Waals surface area contributed by atoms with E-state index in [1.807, 2.05) is 0 Å². The normalized spacial score (nSPS) is 15.6. The number of hydrogen-bond acceptors (Lipinski definition) is 4. The van der Waals surface area contributed by atoms with Gasteiger partial charge in [0.05, 0.1) is 23.3 Å². The molecule has 2 aromatic heterocycles. The minimum Gasteiger partial charge on any atom is -0.387 e. The van der Waals surface area contributed by atoms with Crippen LogP contribution in [-0.4, -0.2) is 26.1 Å². The first kappa shape index (κ1) is 9.11. The molecule has 2 unspecified atom stereocenters. The van der Waals surface area contributed by atoms with Gasteiger partial charge in [0.2, 0.25) is 0 Å². The molecule has 0 bridgehead atoms. The van der Waals surface area contributed by atoms with Crippen molar-refractivity contribution < 1.29 is 5.11 Å². The summed E-state index contributed by atoms with van der Waals surface area (Å²) >= 11 is 0. The van der Waals surface area contributed by atoms with Gasteiger partial charge in [0.1, 0.15) is 6.33 Å². The minimum atomic E-state index is -0.696. The van der Waals surface area contributed by atoms with Crippen molar-refractivity contribution in [3.8, 4) is 0 Å². The molecule has 0 aliphatic carbocycles. The predicted molar refractivity (Wildman–Crippen MR) is 52.5 cm³/mol. The molecule has 0 radical (unpaired) electrons. The first-order valence-corrected chi connectivity index (χ1v) is 4.41. The van der Waals surface area contributed by atoms with Gasteiger partial charge in [0.15, 0.2) is 0 Å². The van der Waals surface area contributed by atoms with E-state index in [4.69, 9.17) is 5.73 Å². The number of nitrogens with one attached hydrogen (secondary N) is 1. The van der Waals surface area contributed by atoms with Crippen molar-refractivity contribution in [2.24, 2.45) is 5.73 Å². The number of aliphatic hydroxyl groups excluding tert-OH is 1. The number of rotatable bonds is 2. The van der Waals surface area contributed by atoms with Gasteiger partial charge < -0.3 is 15.8 Å². The zero-order chi connectivity index (χ0) is 10.1. The molecule has 2 heterocycles. The summed E-state index contributed by atoms with van der Waals surface area (Å²) in [5.74, 6) is 0. The fourth-order valence-corrected chi connectivity index (χ4v) is 1.40. The van der Waals surface area contributed by atoms with Crippen molar-refractivity contribution in [2.45, 2.75) is 19.1 Å². The number of nitrogens with two attached hydrogens (primary N) is 1. The Morgan fingerprint density at radius 2 is 2.36 bits per heavy atom. The SMILES string of the molecule is CC(N)C(O)c1c[nH]c2cncnc12. The number of hydrogen-bond donors (Lipinski definition) is 3. The Hall–Kier alpha value is -1.46. The number of aromatic amines is 1. The lowest BCUT2D eigenvalue weighted by Gasteiger charge is -2.12. The van der Waals surface area contributed by atoms with Gasteiger partial charge in [-0.2, -0.15) is 0 Å². The molecule has 0 saturated carbocycles. The molecule has 14 heavy (non-hydrogen) atoms. The molecular formula is C9H12N4O. The van der Waals surface area contributed by atoms with E-state index in [1.54, 1.807) is 19.3 Å². The van der Waals surface area contributed by atoms with Crippen molar-refractivity contribution in [3.05, 3.63) is 24.3 Å². The summed E-state index contributed by atoms with van der Waals surface area (Å²) in [6, 6.07) is -0.316. The maximum atomic E-state index is 9.78. The second-order valence-electron chi connectivity index (χ2n) is 3.33. The highest BCUT2D eigenvalue weighted by molar-refractivity contribution is 5.78. The highest BCUT2D eigenvalue weighted by Gasteiger charge is 2.17. The Labute approximate surface area is 81.0 Å². The van der Waals surface area contributed by atoms with Crippen LogP contribution in [0.4, 0.5) is 0 Å². The van der Waals surface area contributed by atoms with Gasteiger partial charge in [-0.1, -0.05) is 0 Å². The van der Waals surface area contributed by atoms with Crippen molar-refractivity contribution in [2.75, 3.05) is 0 Å². The summed E-state index contributed by atoms with van der Waals surface area (Å²) in [5.41, 5.74) is 7.86. The molecule has 0 aromatic carbocycles. The van der Waals surface area contributed by atoms with Crippen LogP contribution in [0.5, 0.6) is 0 Å². The maximum Gasteiger partial charge on any atom is 0.116 e.